The summed E-state index contributed by atoms with van der Waals surface area (Å²) in [4.78, 5) is 9.00. The number of hydrogen-bond acceptors (Lipinski definition) is 6. The van der Waals surface area contributed by atoms with Crippen LogP contribution < -0.4 is 5.32 Å². The van der Waals surface area contributed by atoms with Crippen LogP contribution in [0.3, 0.4) is 0 Å². The van der Waals surface area contributed by atoms with E-state index in [1.165, 1.54) is 25.7 Å². The molecule has 2 aliphatic heterocycles. The van der Waals surface area contributed by atoms with Crippen molar-refractivity contribution in [3.05, 3.63) is 27.8 Å². The van der Waals surface area contributed by atoms with E-state index in [1.54, 1.807) is 11.3 Å². The van der Waals surface area contributed by atoms with Gasteiger partial charge in [0.2, 0.25) is 5.89 Å². The molecule has 0 aromatic carbocycles. The van der Waals surface area contributed by atoms with E-state index in [1.807, 2.05) is 6.92 Å². The Balaban J connectivity index is 1.38. The first kappa shape index (κ1) is 13.4. The summed E-state index contributed by atoms with van der Waals surface area (Å²) in [6.07, 6.45) is 6.77. The Kier molecular flexibility index (Phi) is 3.51. The van der Waals surface area contributed by atoms with Gasteiger partial charge < -0.3 is 9.84 Å². The van der Waals surface area contributed by atoms with E-state index in [2.05, 4.69) is 25.8 Å². The highest BCUT2D eigenvalue weighted by Crippen LogP contribution is 2.32. The maximum absolute atomic E-state index is 5.43. The second-order valence-corrected chi connectivity index (χ2v) is 7.29. The Morgan fingerprint density at radius 3 is 2.81 bits per heavy atom. The predicted octanol–water partition coefficient (Wildman–Crippen LogP) is 2.50. The van der Waals surface area contributed by atoms with Gasteiger partial charge in [0, 0.05) is 29.6 Å². The van der Waals surface area contributed by atoms with E-state index in [-0.39, 0.29) is 0 Å². The van der Waals surface area contributed by atoms with E-state index in [9.17, 15) is 0 Å². The Hall–Kier alpha value is -1.27. The molecule has 6 heteroatoms. The number of nitrogens with zero attached hydrogens (tertiary/aromatic N) is 3. The second-order valence-electron chi connectivity index (χ2n) is 6.34. The molecular formula is C15H20N4OS. The van der Waals surface area contributed by atoms with Crippen molar-refractivity contribution in [2.24, 2.45) is 5.92 Å². The molecule has 0 saturated carbocycles. The van der Waals surface area contributed by atoms with Gasteiger partial charge in [-0.3, -0.25) is 0 Å². The summed E-state index contributed by atoms with van der Waals surface area (Å²) < 4.78 is 5.43. The molecule has 0 radical (unpaired) electrons. The maximum atomic E-state index is 5.43. The van der Waals surface area contributed by atoms with Crippen molar-refractivity contribution >= 4 is 11.3 Å². The highest BCUT2D eigenvalue weighted by atomic mass is 32.1. The fourth-order valence-electron chi connectivity index (χ4n) is 3.65. The minimum atomic E-state index is 0.680. The average molecular weight is 304 g/mol. The summed E-state index contributed by atoms with van der Waals surface area (Å²) >= 11 is 1.66. The molecule has 1 N–H and O–H groups in total. The summed E-state index contributed by atoms with van der Waals surface area (Å²) in [5, 5.41) is 10.9. The van der Waals surface area contributed by atoms with Crippen LogP contribution in [-0.4, -0.2) is 27.2 Å². The fraction of sp³-hybridized carbons (Fsp3) is 0.667. The monoisotopic (exact) mass is 304 g/mol. The van der Waals surface area contributed by atoms with Crippen molar-refractivity contribution < 1.29 is 4.52 Å². The van der Waals surface area contributed by atoms with Gasteiger partial charge in [-0.2, -0.15) is 4.98 Å². The van der Waals surface area contributed by atoms with Gasteiger partial charge in [0.15, 0.2) is 5.82 Å². The van der Waals surface area contributed by atoms with Gasteiger partial charge in [0.1, 0.15) is 5.01 Å². The average Bonchev–Trinajstić information content (AvgIpc) is 3.14. The smallest absolute Gasteiger partial charge is 0.226 e. The number of aromatic nitrogens is 3. The second kappa shape index (κ2) is 5.50. The van der Waals surface area contributed by atoms with Crippen molar-refractivity contribution in [2.75, 3.05) is 0 Å². The lowest BCUT2D eigenvalue weighted by Gasteiger charge is -2.27. The Bertz CT molecular complexity index is 611. The van der Waals surface area contributed by atoms with E-state index in [0.717, 1.165) is 40.9 Å². The van der Waals surface area contributed by atoms with Gasteiger partial charge in [-0.1, -0.05) is 5.16 Å². The Labute approximate surface area is 128 Å². The highest BCUT2D eigenvalue weighted by molar-refractivity contribution is 7.09. The van der Waals surface area contributed by atoms with Crippen molar-refractivity contribution in [3.63, 3.8) is 0 Å². The summed E-state index contributed by atoms with van der Waals surface area (Å²) in [6, 6.07) is 1.43. The molecule has 5 nitrogen and oxygen atoms in total. The van der Waals surface area contributed by atoms with Crippen molar-refractivity contribution in [3.8, 4) is 0 Å². The van der Waals surface area contributed by atoms with Crippen LogP contribution >= 0.6 is 11.3 Å². The van der Waals surface area contributed by atoms with E-state index in [4.69, 9.17) is 4.52 Å². The third-order valence-corrected chi connectivity index (χ3v) is 5.49. The predicted molar refractivity (Wildman–Crippen MR) is 80.3 cm³/mol. The lowest BCUT2D eigenvalue weighted by molar-refractivity contribution is 0.270. The molecular weight excluding hydrogens is 284 g/mol. The molecule has 2 unspecified atom stereocenters. The largest absolute Gasteiger partial charge is 0.339 e. The number of aryl methyl sites for hydroxylation is 1. The first-order valence-electron chi connectivity index (χ1n) is 7.73. The van der Waals surface area contributed by atoms with Crippen molar-refractivity contribution in [1.82, 2.24) is 20.4 Å². The van der Waals surface area contributed by atoms with Gasteiger partial charge in [0.05, 0.1) is 6.42 Å². The summed E-state index contributed by atoms with van der Waals surface area (Å²) in [7, 11) is 0. The van der Waals surface area contributed by atoms with Gasteiger partial charge in [-0.05, 0) is 38.5 Å². The van der Waals surface area contributed by atoms with Crippen molar-refractivity contribution in [2.45, 2.75) is 57.5 Å². The van der Waals surface area contributed by atoms with Crippen LogP contribution in [-0.2, 0) is 12.8 Å². The highest BCUT2D eigenvalue weighted by Gasteiger charge is 2.34. The van der Waals surface area contributed by atoms with Gasteiger partial charge in [0.25, 0.3) is 0 Å². The van der Waals surface area contributed by atoms with Crippen LogP contribution in [0.5, 0.6) is 0 Å². The maximum Gasteiger partial charge on any atom is 0.226 e. The molecule has 2 fully saturated rings. The first-order chi connectivity index (χ1) is 10.2. The number of rotatable bonds is 4. The van der Waals surface area contributed by atoms with Crippen LogP contribution in [0.4, 0.5) is 0 Å². The molecule has 0 aliphatic carbocycles. The molecule has 0 spiro atoms. The topological polar surface area (TPSA) is 63.8 Å². The molecule has 2 aromatic heterocycles. The van der Waals surface area contributed by atoms with Crippen LogP contribution in [0, 0.1) is 12.8 Å². The number of thiazole rings is 1. The van der Waals surface area contributed by atoms with E-state index < -0.39 is 0 Å². The third-order valence-electron chi connectivity index (χ3n) is 4.52. The summed E-state index contributed by atoms with van der Waals surface area (Å²) in [6.45, 7) is 2.01. The molecule has 2 saturated heterocycles. The molecule has 4 heterocycles. The van der Waals surface area contributed by atoms with E-state index in [0.29, 0.717) is 12.3 Å². The summed E-state index contributed by atoms with van der Waals surface area (Å²) in [5.41, 5.74) is 1.06. The number of piperidine rings is 1. The molecule has 112 valence electrons. The lowest BCUT2D eigenvalue weighted by Crippen LogP contribution is -2.38. The normalized spacial score (nSPS) is 28.1. The van der Waals surface area contributed by atoms with Crippen molar-refractivity contribution in [1.29, 1.82) is 0 Å². The van der Waals surface area contributed by atoms with Gasteiger partial charge >= 0.3 is 0 Å². The number of nitrogens with one attached hydrogen (secondary N) is 1. The minimum Gasteiger partial charge on any atom is -0.339 e. The number of hydrogen-bond donors (Lipinski definition) is 1. The summed E-state index contributed by atoms with van der Waals surface area (Å²) in [5.74, 6) is 2.25. The molecule has 4 rings (SSSR count). The zero-order valence-electron chi connectivity index (χ0n) is 12.2. The molecule has 2 bridgehead atoms. The fourth-order valence-corrected chi connectivity index (χ4v) is 4.42. The molecule has 2 atom stereocenters. The molecule has 0 amide bonds. The quantitative estimate of drug-likeness (QED) is 0.940. The van der Waals surface area contributed by atoms with Crippen LogP contribution in [0.25, 0.3) is 0 Å². The first-order valence-corrected chi connectivity index (χ1v) is 8.61. The zero-order valence-corrected chi connectivity index (χ0v) is 13.0. The Morgan fingerprint density at radius 2 is 2.10 bits per heavy atom. The molecule has 2 aromatic rings. The van der Waals surface area contributed by atoms with Gasteiger partial charge in [-0.15, -0.1) is 11.3 Å². The van der Waals surface area contributed by atoms with E-state index >= 15 is 0 Å². The van der Waals surface area contributed by atoms with Crippen LogP contribution in [0.1, 0.15) is 48.1 Å². The zero-order chi connectivity index (χ0) is 14.2. The van der Waals surface area contributed by atoms with Gasteiger partial charge in [-0.25, -0.2) is 4.98 Å². The standard InChI is InChI=1S/C15H20N4OS/c1-9-8-21-15(16-9)7-13-18-14(20-19-13)6-10-4-11-2-3-12(5-10)17-11/h8,10-12,17H,2-7H2,1H3. The minimum absolute atomic E-state index is 0.680. The SMILES string of the molecule is Cc1csc(Cc2noc(CC3CC4CCC(C3)N4)n2)n1. The molecule has 2 aliphatic rings. The van der Waals surface area contributed by atoms with Crippen LogP contribution in [0.15, 0.2) is 9.90 Å². The number of fused-ring (bicyclic) bond motifs is 2. The third kappa shape index (κ3) is 3.01. The lowest BCUT2D eigenvalue weighted by atomic mass is 9.90. The van der Waals surface area contributed by atoms with Crippen LogP contribution in [0.2, 0.25) is 0 Å². The molecule has 21 heavy (non-hydrogen) atoms. The Morgan fingerprint density at radius 1 is 1.29 bits per heavy atom.